The van der Waals surface area contributed by atoms with Crippen molar-refractivity contribution >= 4 is 10.8 Å². The number of benzene rings is 7. The maximum Gasteiger partial charge on any atom is 0.164 e. The molecular formula is C46H33N3. The van der Waals surface area contributed by atoms with Gasteiger partial charge in [0.2, 0.25) is 0 Å². The molecule has 0 saturated carbocycles. The fourth-order valence-electron chi connectivity index (χ4n) is 7.29. The zero-order chi connectivity index (χ0) is 33.0. The molecule has 0 saturated heterocycles. The predicted octanol–water partition coefficient (Wildman–Crippen LogP) is 11.7. The van der Waals surface area contributed by atoms with Gasteiger partial charge in [-0.25, -0.2) is 15.0 Å². The van der Waals surface area contributed by atoms with Crippen molar-refractivity contribution in [3.63, 3.8) is 0 Å². The summed E-state index contributed by atoms with van der Waals surface area (Å²) in [6, 6.07) is 57.8. The maximum atomic E-state index is 5.00. The van der Waals surface area contributed by atoms with E-state index >= 15 is 0 Å². The van der Waals surface area contributed by atoms with E-state index in [0.29, 0.717) is 17.5 Å². The molecule has 0 aliphatic heterocycles. The van der Waals surface area contributed by atoms with E-state index in [4.69, 9.17) is 15.0 Å². The third-order valence-corrected chi connectivity index (χ3v) is 9.96. The van der Waals surface area contributed by atoms with Crippen LogP contribution in [0.2, 0.25) is 0 Å². The molecule has 1 heterocycles. The summed E-state index contributed by atoms with van der Waals surface area (Å²) in [7, 11) is 0. The van der Waals surface area contributed by atoms with Crippen LogP contribution in [0.3, 0.4) is 0 Å². The second-order valence-electron chi connectivity index (χ2n) is 13.3. The lowest BCUT2D eigenvalue weighted by Gasteiger charge is -2.22. The number of rotatable bonds is 5. The molecule has 3 nitrogen and oxygen atoms in total. The first kappa shape index (κ1) is 29.0. The van der Waals surface area contributed by atoms with Gasteiger partial charge >= 0.3 is 0 Å². The predicted molar refractivity (Wildman–Crippen MR) is 202 cm³/mol. The highest BCUT2D eigenvalue weighted by Gasteiger charge is 2.36. The second-order valence-corrected chi connectivity index (χ2v) is 13.3. The summed E-state index contributed by atoms with van der Waals surface area (Å²) in [5, 5.41) is 2.60. The van der Waals surface area contributed by atoms with E-state index in [1.54, 1.807) is 0 Å². The Kier molecular flexibility index (Phi) is 6.80. The molecule has 1 aliphatic rings. The zero-order valence-corrected chi connectivity index (χ0v) is 27.4. The number of hydrogen-bond donors (Lipinski definition) is 0. The monoisotopic (exact) mass is 627 g/mol. The van der Waals surface area contributed by atoms with Gasteiger partial charge in [0, 0.05) is 22.1 Å². The standard InChI is InChI=1S/C46H33N3/c1-46(2)40-28-26-33-13-9-10-16-38(33)42(40)39-27-25-37(29-41(39)46)32-19-23-36(24-20-32)45-48-43(34-14-7-4-8-15-34)47-44(49-45)35-21-17-31(18-22-35)30-11-5-3-6-12-30/h3-29H,1-2H3. The lowest BCUT2D eigenvalue weighted by Crippen LogP contribution is -2.15. The third kappa shape index (κ3) is 5.03. The van der Waals surface area contributed by atoms with E-state index < -0.39 is 0 Å². The third-order valence-electron chi connectivity index (χ3n) is 9.96. The summed E-state index contributed by atoms with van der Waals surface area (Å²) in [5.41, 5.74) is 12.9. The van der Waals surface area contributed by atoms with Crippen LogP contribution in [0.25, 0.3) is 78.3 Å². The van der Waals surface area contributed by atoms with Crippen molar-refractivity contribution in [3.8, 4) is 67.5 Å². The normalized spacial score (nSPS) is 12.9. The molecule has 0 amide bonds. The summed E-state index contributed by atoms with van der Waals surface area (Å²) < 4.78 is 0. The number of nitrogens with zero attached hydrogens (tertiary/aromatic N) is 3. The first-order chi connectivity index (χ1) is 24.0. The van der Waals surface area contributed by atoms with Gasteiger partial charge in [0.15, 0.2) is 17.5 Å². The van der Waals surface area contributed by atoms with Gasteiger partial charge in [0.1, 0.15) is 0 Å². The first-order valence-corrected chi connectivity index (χ1v) is 16.8. The SMILES string of the molecule is CC1(C)c2cc(-c3ccc(-c4nc(-c5ccccc5)nc(-c5ccc(-c6ccccc6)cc5)n4)cc3)ccc2-c2c1ccc1ccccc21. The molecule has 9 rings (SSSR count). The van der Waals surface area contributed by atoms with E-state index in [0.717, 1.165) is 27.8 Å². The van der Waals surface area contributed by atoms with E-state index in [-0.39, 0.29) is 5.41 Å². The minimum absolute atomic E-state index is 0.0843. The maximum absolute atomic E-state index is 5.00. The molecule has 49 heavy (non-hydrogen) atoms. The smallest absolute Gasteiger partial charge is 0.164 e. The molecule has 0 atom stereocenters. The van der Waals surface area contributed by atoms with E-state index in [2.05, 4.69) is 141 Å². The Hall–Kier alpha value is -6.19. The molecule has 0 bridgehead atoms. The molecule has 0 radical (unpaired) electrons. The average Bonchev–Trinajstić information content (AvgIpc) is 3.41. The van der Waals surface area contributed by atoms with Crippen molar-refractivity contribution in [3.05, 3.63) is 175 Å². The number of fused-ring (bicyclic) bond motifs is 5. The first-order valence-electron chi connectivity index (χ1n) is 16.8. The fourth-order valence-corrected chi connectivity index (χ4v) is 7.29. The topological polar surface area (TPSA) is 38.7 Å². The van der Waals surface area contributed by atoms with Crippen molar-refractivity contribution in [2.75, 3.05) is 0 Å². The van der Waals surface area contributed by atoms with Crippen LogP contribution in [0.15, 0.2) is 164 Å². The summed E-state index contributed by atoms with van der Waals surface area (Å²) in [5.74, 6) is 1.96. The van der Waals surface area contributed by atoms with Crippen LogP contribution >= 0.6 is 0 Å². The Morgan fingerprint density at radius 1 is 0.367 bits per heavy atom. The number of aromatic nitrogens is 3. The highest BCUT2D eigenvalue weighted by molar-refractivity contribution is 6.02. The molecule has 0 spiro atoms. The van der Waals surface area contributed by atoms with Crippen molar-refractivity contribution in [1.82, 2.24) is 15.0 Å². The molecule has 7 aromatic carbocycles. The van der Waals surface area contributed by atoms with Gasteiger partial charge in [-0.1, -0.05) is 172 Å². The minimum atomic E-state index is -0.0843. The molecule has 3 heteroatoms. The Morgan fingerprint density at radius 2 is 0.816 bits per heavy atom. The van der Waals surface area contributed by atoms with Gasteiger partial charge in [-0.3, -0.25) is 0 Å². The Labute approximate surface area is 286 Å². The van der Waals surface area contributed by atoms with Crippen LogP contribution < -0.4 is 0 Å². The van der Waals surface area contributed by atoms with Crippen LogP contribution in [-0.4, -0.2) is 15.0 Å². The van der Waals surface area contributed by atoms with Crippen molar-refractivity contribution in [2.45, 2.75) is 19.3 Å². The Bertz CT molecular complexity index is 2480. The highest BCUT2D eigenvalue weighted by atomic mass is 15.0. The van der Waals surface area contributed by atoms with Gasteiger partial charge in [-0.15, -0.1) is 0 Å². The average molecular weight is 628 g/mol. The molecule has 1 aromatic heterocycles. The quantitative estimate of drug-likeness (QED) is 0.191. The van der Waals surface area contributed by atoms with Gasteiger partial charge in [-0.2, -0.15) is 0 Å². The highest BCUT2D eigenvalue weighted by Crippen LogP contribution is 2.52. The Balaban J connectivity index is 1.08. The van der Waals surface area contributed by atoms with Crippen LogP contribution in [0, 0.1) is 0 Å². The lowest BCUT2D eigenvalue weighted by molar-refractivity contribution is 0.661. The molecule has 0 N–H and O–H groups in total. The van der Waals surface area contributed by atoms with Crippen LogP contribution in [0.1, 0.15) is 25.0 Å². The van der Waals surface area contributed by atoms with Crippen LogP contribution in [0.5, 0.6) is 0 Å². The summed E-state index contributed by atoms with van der Waals surface area (Å²) >= 11 is 0. The van der Waals surface area contributed by atoms with Gasteiger partial charge in [0.25, 0.3) is 0 Å². The Morgan fingerprint density at radius 3 is 1.43 bits per heavy atom. The largest absolute Gasteiger partial charge is 0.208 e. The van der Waals surface area contributed by atoms with Gasteiger partial charge in [-0.05, 0) is 61.3 Å². The summed E-state index contributed by atoms with van der Waals surface area (Å²) in [4.78, 5) is 14.9. The molecular weight excluding hydrogens is 595 g/mol. The minimum Gasteiger partial charge on any atom is -0.208 e. The van der Waals surface area contributed by atoms with Crippen molar-refractivity contribution in [2.24, 2.45) is 0 Å². The molecule has 0 fully saturated rings. The number of hydrogen-bond acceptors (Lipinski definition) is 3. The summed E-state index contributed by atoms with van der Waals surface area (Å²) in [6.45, 7) is 4.69. The van der Waals surface area contributed by atoms with Gasteiger partial charge in [0.05, 0.1) is 0 Å². The molecule has 232 valence electrons. The van der Waals surface area contributed by atoms with Crippen molar-refractivity contribution < 1.29 is 0 Å². The van der Waals surface area contributed by atoms with E-state index in [9.17, 15) is 0 Å². The second kappa shape index (κ2) is 11.5. The zero-order valence-electron chi connectivity index (χ0n) is 27.4. The molecule has 0 unspecified atom stereocenters. The van der Waals surface area contributed by atoms with E-state index in [1.807, 2.05) is 36.4 Å². The van der Waals surface area contributed by atoms with Crippen LogP contribution in [0.4, 0.5) is 0 Å². The van der Waals surface area contributed by atoms with Crippen molar-refractivity contribution in [1.29, 1.82) is 0 Å². The fraction of sp³-hybridized carbons (Fsp3) is 0.0652. The van der Waals surface area contributed by atoms with Gasteiger partial charge < -0.3 is 0 Å². The molecule has 8 aromatic rings. The molecule has 1 aliphatic carbocycles. The van der Waals surface area contributed by atoms with Crippen LogP contribution in [-0.2, 0) is 5.41 Å². The lowest BCUT2D eigenvalue weighted by atomic mass is 9.81. The van der Waals surface area contributed by atoms with E-state index in [1.165, 1.54) is 44.2 Å². The summed E-state index contributed by atoms with van der Waals surface area (Å²) in [6.07, 6.45) is 0.